The van der Waals surface area contributed by atoms with Crippen molar-refractivity contribution in [2.75, 3.05) is 13.1 Å². The first kappa shape index (κ1) is 14.6. The second-order valence-electron chi connectivity index (χ2n) is 6.32. The minimum atomic E-state index is 0.135. The molecule has 0 aromatic rings. The van der Waals surface area contributed by atoms with E-state index in [0.717, 1.165) is 25.9 Å². The SMILES string of the molecule is CC(C)N(CC1CCCN1)C(=O)NC1CCCCC1. The molecule has 1 saturated heterocycles. The van der Waals surface area contributed by atoms with Crippen molar-refractivity contribution >= 4 is 6.03 Å². The summed E-state index contributed by atoms with van der Waals surface area (Å²) < 4.78 is 0. The summed E-state index contributed by atoms with van der Waals surface area (Å²) in [5.41, 5.74) is 0. The van der Waals surface area contributed by atoms with E-state index in [1.165, 1.54) is 32.1 Å². The number of amides is 2. The number of carbonyl (C=O) groups excluding carboxylic acids is 1. The van der Waals surface area contributed by atoms with E-state index in [1.54, 1.807) is 0 Å². The van der Waals surface area contributed by atoms with Gasteiger partial charge in [0, 0.05) is 24.7 Å². The summed E-state index contributed by atoms with van der Waals surface area (Å²) in [4.78, 5) is 14.4. The molecule has 1 aliphatic carbocycles. The molecule has 110 valence electrons. The molecule has 2 fully saturated rings. The molecule has 4 nitrogen and oxygen atoms in total. The fourth-order valence-electron chi connectivity index (χ4n) is 3.18. The van der Waals surface area contributed by atoms with Gasteiger partial charge in [-0.2, -0.15) is 0 Å². The van der Waals surface area contributed by atoms with Crippen LogP contribution in [0.1, 0.15) is 58.8 Å². The van der Waals surface area contributed by atoms with Crippen LogP contribution < -0.4 is 10.6 Å². The maximum Gasteiger partial charge on any atom is 0.317 e. The third-order valence-corrected chi connectivity index (χ3v) is 4.40. The van der Waals surface area contributed by atoms with E-state index in [1.807, 2.05) is 4.90 Å². The molecule has 0 spiro atoms. The van der Waals surface area contributed by atoms with Gasteiger partial charge >= 0.3 is 6.03 Å². The van der Waals surface area contributed by atoms with Crippen LogP contribution in [0.5, 0.6) is 0 Å². The molecule has 0 radical (unpaired) electrons. The van der Waals surface area contributed by atoms with Gasteiger partial charge in [0.1, 0.15) is 0 Å². The molecule has 1 unspecified atom stereocenters. The average molecular weight is 267 g/mol. The lowest BCUT2D eigenvalue weighted by molar-refractivity contribution is 0.170. The highest BCUT2D eigenvalue weighted by molar-refractivity contribution is 5.74. The summed E-state index contributed by atoms with van der Waals surface area (Å²) in [7, 11) is 0. The predicted octanol–water partition coefficient (Wildman–Crippen LogP) is 2.49. The molecule has 0 aromatic heterocycles. The van der Waals surface area contributed by atoms with Gasteiger partial charge < -0.3 is 15.5 Å². The number of urea groups is 1. The van der Waals surface area contributed by atoms with Gasteiger partial charge in [0.15, 0.2) is 0 Å². The van der Waals surface area contributed by atoms with Gasteiger partial charge in [0.05, 0.1) is 0 Å². The van der Waals surface area contributed by atoms with Crippen LogP contribution in [0.15, 0.2) is 0 Å². The van der Waals surface area contributed by atoms with Gasteiger partial charge in [0.25, 0.3) is 0 Å². The second kappa shape index (κ2) is 7.13. The van der Waals surface area contributed by atoms with Crippen molar-refractivity contribution in [2.45, 2.75) is 76.9 Å². The highest BCUT2D eigenvalue weighted by Gasteiger charge is 2.25. The predicted molar refractivity (Wildman–Crippen MR) is 78.3 cm³/mol. The van der Waals surface area contributed by atoms with Gasteiger partial charge in [-0.05, 0) is 46.1 Å². The Hall–Kier alpha value is -0.770. The van der Waals surface area contributed by atoms with Crippen molar-refractivity contribution in [3.8, 4) is 0 Å². The highest BCUT2D eigenvalue weighted by atomic mass is 16.2. The third-order valence-electron chi connectivity index (χ3n) is 4.40. The van der Waals surface area contributed by atoms with Crippen LogP contribution in [-0.2, 0) is 0 Å². The summed E-state index contributed by atoms with van der Waals surface area (Å²) in [5, 5.41) is 6.71. The fourth-order valence-corrected chi connectivity index (χ4v) is 3.18. The fraction of sp³-hybridized carbons (Fsp3) is 0.933. The lowest BCUT2D eigenvalue weighted by atomic mass is 9.96. The van der Waals surface area contributed by atoms with Crippen LogP contribution in [-0.4, -0.2) is 42.1 Å². The first-order valence-corrected chi connectivity index (χ1v) is 7.97. The zero-order valence-electron chi connectivity index (χ0n) is 12.5. The van der Waals surface area contributed by atoms with Crippen LogP contribution >= 0.6 is 0 Å². The van der Waals surface area contributed by atoms with E-state index in [9.17, 15) is 4.79 Å². The number of nitrogens with zero attached hydrogens (tertiary/aromatic N) is 1. The Morgan fingerprint density at radius 3 is 2.53 bits per heavy atom. The summed E-state index contributed by atoms with van der Waals surface area (Å²) >= 11 is 0. The molecule has 1 aliphatic heterocycles. The molecule has 1 heterocycles. The number of rotatable bonds is 4. The highest BCUT2D eigenvalue weighted by Crippen LogP contribution is 2.18. The molecule has 4 heteroatoms. The summed E-state index contributed by atoms with van der Waals surface area (Å²) in [6, 6.07) is 1.29. The van der Waals surface area contributed by atoms with Crippen molar-refractivity contribution in [3.05, 3.63) is 0 Å². The normalized spacial score (nSPS) is 24.7. The van der Waals surface area contributed by atoms with Crippen molar-refractivity contribution in [3.63, 3.8) is 0 Å². The van der Waals surface area contributed by atoms with Crippen LogP contribution in [0.2, 0.25) is 0 Å². The Bertz CT molecular complexity index is 281. The number of carbonyl (C=O) groups is 1. The zero-order chi connectivity index (χ0) is 13.7. The van der Waals surface area contributed by atoms with Gasteiger partial charge in [0.2, 0.25) is 0 Å². The lowest BCUT2D eigenvalue weighted by Gasteiger charge is -2.32. The van der Waals surface area contributed by atoms with Crippen LogP contribution in [0, 0.1) is 0 Å². The van der Waals surface area contributed by atoms with Crippen LogP contribution in [0.4, 0.5) is 4.79 Å². The third kappa shape index (κ3) is 4.37. The maximum absolute atomic E-state index is 12.4. The number of hydrogen-bond acceptors (Lipinski definition) is 2. The molecule has 2 aliphatic rings. The number of hydrogen-bond donors (Lipinski definition) is 2. The first-order valence-electron chi connectivity index (χ1n) is 7.97. The summed E-state index contributed by atoms with van der Waals surface area (Å²) in [6.45, 7) is 6.15. The van der Waals surface area contributed by atoms with Crippen molar-refractivity contribution in [1.82, 2.24) is 15.5 Å². The Morgan fingerprint density at radius 1 is 1.21 bits per heavy atom. The Morgan fingerprint density at radius 2 is 1.95 bits per heavy atom. The van der Waals surface area contributed by atoms with E-state index in [-0.39, 0.29) is 12.1 Å². The van der Waals surface area contributed by atoms with E-state index in [4.69, 9.17) is 0 Å². The molecule has 0 aromatic carbocycles. The quantitative estimate of drug-likeness (QED) is 0.822. The minimum Gasteiger partial charge on any atom is -0.335 e. The second-order valence-corrected chi connectivity index (χ2v) is 6.32. The molecule has 2 amide bonds. The standard InChI is InChI=1S/C15H29N3O/c1-12(2)18(11-14-9-6-10-16-14)15(19)17-13-7-4-3-5-8-13/h12-14,16H,3-11H2,1-2H3,(H,17,19). The van der Waals surface area contributed by atoms with Gasteiger partial charge in [-0.25, -0.2) is 4.79 Å². The molecular weight excluding hydrogens is 238 g/mol. The topological polar surface area (TPSA) is 44.4 Å². The smallest absolute Gasteiger partial charge is 0.317 e. The van der Waals surface area contributed by atoms with Crippen LogP contribution in [0.25, 0.3) is 0 Å². The van der Waals surface area contributed by atoms with E-state index < -0.39 is 0 Å². The minimum absolute atomic E-state index is 0.135. The summed E-state index contributed by atoms with van der Waals surface area (Å²) in [6.07, 6.45) is 8.58. The van der Waals surface area contributed by atoms with Crippen molar-refractivity contribution < 1.29 is 4.79 Å². The Labute approximate surface area is 117 Å². The number of nitrogens with one attached hydrogen (secondary N) is 2. The Kier molecular flexibility index (Phi) is 5.49. The van der Waals surface area contributed by atoms with Gasteiger partial charge in [-0.3, -0.25) is 0 Å². The summed E-state index contributed by atoms with van der Waals surface area (Å²) in [5.74, 6) is 0. The van der Waals surface area contributed by atoms with Crippen molar-refractivity contribution in [1.29, 1.82) is 0 Å². The Balaban J connectivity index is 1.84. The molecule has 2 N–H and O–H groups in total. The van der Waals surface area contributed by atoms with Crippen molar-refractivity contribution in [2.24, 2.45) is 0 Å². The molecule has 1 saturated carbocycles. The van der Waals surface area contributed by atoms with Crippen LogP contribution in [0.3, 0.4) is 0 Å². The molecular formula is C15H29N3O. The van der Waals surface area contributed by atoms with E-state index in [0.29, 0.717) is 12.1 Å². The van der Waals surface area contributed by atoms with E-state index in [2.05, 4.69) is 24.5 Å². The van der Waals surface area contributed by atoms with Gasteiger partial charge in [-0.1, -0.05) is 19.3 Å². The monoisotopic (exact) mass is 267 g/mol. The molecule has 0 bridgehead atoms. The lowest BCUT2D eigenvalue weighted by Crippen LogP contribution is -2.51. The molecule has 2 rings (SSSR count). The van der Waals surface area contributed by atoms with E-state index >= 15 is 0 Å². The zero-order valence-corrected chi connectivity index (χ0v) is 12.5. The molecule has 19 heavy (non-hydrogen) atoms. The average Bonchev–Trinajstić information content (AvgIpc) is 2.89. The maximum atomic E-state index is 12.4. The van der Waals surface area contributed by atoms with Gasteiger partial charge in [-0.15, -0.1) is 0 Å². The molecule has 1 atom stereocenters. The first-order chi connectivity index (χ1) is 9.16. The largest absolute Gasteiger partial charge is 0.335 e.